The number of nitrogens with one attached hydrogen (secondary N) is 1. The van der Waals surface area contributed by atoms with Gasteiger partial charge in [-0.05, 0) is 24.8 Å². The summed E-state index contributed by atoms with van der Waals surface area (Å²) in [6.45, 7) is 9.91. The van der Waals surface area contributed by atoms with Crippen LogP contribution in [0.2, 0.25) is 0 Å². The van der Waals surface area contributed by atoms with Crippen LogP contribution < -0.4 is 4.72 Å². The zero-order valence-corrected chi connectivity index (χ0v) is 11.8. The van der Waals surface area contributed by atoms with E-state index in [0.29, 0.717) is 5.92 Å². The molecule has 0 amide bonds. The monoisotopic (exact) mass is 253 g/mol. The molecule has 1 unspecified atom stereocenters. The largest absolute Gasteiger partial charge is 0.302 e. The molecule has 17 heavy (non-hydrogen) atoms. The highest BCUT2D eigenvalue weighted by Gasteiger charge is 2.08. The summed E-state index contributed by atoms with van der Waals surface area (Å²) in [6, 6.07) is -0.0596. The number of aldehydes is 1. The summed E-state index contributed by atoms with van der Waals surface area (Å²) in [4.78, 5) is 10.8. The van der Waals surface area contributed by atoms with Gasteiger partial charge < -0.3 is 4.79 Å². The summed E-state index contributed by atoms with van der Waals surface area (Å²) in [6.07, 6.45) is 9.67. The van der Waals surface area contributed by atoms with Crippen LogP contribution in [-0.2, 0) is 4.79 Å². The first-order chi connectivity index (χ1) is 8.13. The molecule has 0 saturated carbocycles. The number of hydrogen-bond donors (Lipinski definition) is 1. The topological polar surface area (TPSA) is 29.1 Å². The van der Waals surface area contributed by atoms with Gasteiger partial charge in [-0.15, -0.1) is 0 Å². The van der Waals surface area contributed by atoms with Crippen molar-refractivity contribution in [3.63, 3.8) is 0 Å². The summed E-state index contributed by atoms with van der Waals surface area (Å²) in [5.41, 5.74) is 1.19. The lowest BCUT2D eigenvalue weighted by molar-refractivity contribution is -0.109. The van der Waals surface area contributed by atoms with E-state index in [9.17, 15) is 4.79 Å². The molecule has 0 rings (SSSR count). The van der Waals surface area contributed by atoms with Crippen LogP contribution in [0.3, 0.4) is 0 Å². The van der Waals surface area contributed by atoms with Gasteiger partial charge in [0.25, 0.3) is 0 Å². The summed E-state index contributed by atoms with van der Waals surface area (Å²) in [5.74, 6) is 1.36. The molecule has 0 heterocycles. The van der Waals surface area contributed by atoms with Crippen molar-refractivity contribution in [2.45, 2.75) is 33.2 Å². The van der Waals surface area contributed by atoms with Crippen molar-refractivity contribution >= 4 is 18.2 Å². The van der Waals surface area contributed by atoms with Gasteiger partial charge in [0.15, 0.2) is 0 Å². The highest BCUT2D eigenvalue weighted by Crippen LogP contribution is 2.10. The molecule has 0 fully saturated rings. The van der Waals surface area contributed by atoms with Crippen LogP contribution >= 0.6 is 11.9 Å². The van der Waals surface area contributed by atoms with E-state index in [2.05, 4.69) is 31.2 Å². The van der Waals surface area contributed by atoms with E-state index in [0.717, 1.165) is 18.5 Å². The maximum absolute atomic E-state index is 10.8. The van der Waals surface area contributed by atoms with Crippen molar-refractivity contribution < 1.29 is 4.79 Å². The highest BCUT2D eigenvalue weighted by molar-refractivity contribution is 7.97. The fourth-order valence-electron chi connectivity index (χ4n) is 1.39. The second kappa shape index (κ2) is 10.4. The van der Waals surface area contributed by atoms with Crippen LogP contribution in [0.25, 0.3) is 0 Å². The van der Waals surface area contributed by atoms with Gasteiger partial charge in [0.05, 0.1) is 6.04 Å². The SMILES string of the molecule is C=C/C=C(\C=C/C)CSNC(C=O)CC(C)C. The summed E-state index contributed by atoms with van der Waals surface area (Å²) >= 11 is 1.57. The van der Waals surface area contributed by atoms with Crippen molar-refractivity contribution in [1.29, 1.82) is 0 Å². The average molecular weight is 253 g/mol. The molecule has 0 radical (unpaired) electrons. The van der Waals surface area contributed by atoms with Crippen LogP contribution in [0, 0.1) is 5.92 Å². The van der Waals surface area contributed by atoms with E-state index in [4.69, 9.17) is 0 Å². The number of allylic oxidation sites excluding steroid dienone is 4. The van der Waals surface area contributed by atoms with E-state index in [1.54, 1.807) is 18.0 Å². The number of rotatable bonds is 9. The lowest BCUT2D eigenvalue weighted by atomic mass is 10.1. The molecule has 2 nitrogen and oxygen atoms in total. The molecule has 1 atom stereocenters. The Kier molecular flexibility index (Phi) is 9.87. The Labute approximate surface area is 109 Å². The van der Waals surface area contributed by atoms with Gasteiger partial charge in [-0.25, -0.2) is 0 Å². The Balaban J connectivity index is 4.05. The summed E-state index contributed by atoms with van der Waals surface area (Å²) in [5, 5.41) is 0. The van der Waals surface area contributed by atoms with Crippen LogP contribution in [-0.4, -0.2) is 18.1 Å². The molecule has 3 heteroatoms. The predicted molar refractivity (Wildman–Crippen MR) is 78.0 cm³/mol. The third-order valence-electron chi connectivity index (χ3n) is 2.08. The lowest BCUT2D eigenvalue weighted by Gasteiger charge is -2.14. The van der Waals surface area contributed by atoms with Crippen molar-refractivity contribution in [3.05, 3.63) is 36.5 Å². The normalized spacial score (nSPS) is 14.2. The van der Waals surface area contributed by atoms with E-state index in [-0.39, 0.29) is 6.04 Å². The number of carbonyl (C=O) groups is 1. The smallest absolute Gasteiger partial charge is 0.137 e. The van der Waals surface area contributed by atoms with E-state index in [1.807, 2.05) is 19.1 Å². The minimum Gasteiger partial charge on any atom is -0.302 e. The second-order valence-corrected chi connectivity index (χ2v) is 5.07. The molecule has 0 saturated heterocycles. The number of carbonyl (C=O) groups excluding carboxylic acids is 1. The highest BCUT2D eigenvalue weighted by atomic mass is 32.2. The lowest BCUT2D eigenvalue weighted by Crippen LogP contribution is -2.26. The van der Waals surface area contributed by atoms with Gasteiger partial charge in [0, 0.05) is 5.75 Å². The van der Waals surface area contributed by atoms with Crippen LogP contribution in [0.1, 0.15) is 27.2 Å². The quantitative estimate of drug-likeness (QED) is 0.387. The Bertz CT molecular complexity index is 282. The van der Waals surface area contributed by atoms with Gasteiger partial charge in [-0.3, -0.25) is 4.72 Å². The molecule has 0 bridgehead atoms. The van der Waals surface area contributed by atoms with Gasteiger partial charge in [-0.2, -0.15) is 0 Å². The molecule has 1 N–H and O–H groups in total. The Morgan fingerprint density at radius 2 is 2.18 bits per heavy atom. The Morgan fingerprint density at radius 3 is 2.65 bits per heavy atom. The molecule has 0 aliphatic rings. The first-order valence-electron chi connectivity index (χ1n) is 5.90. The molecule has 0 aliphatic carbocycles. The molecular weight excluding hydrogens is 230 g/mol. The first kappa shape index (κ1) is 16.2. The van der Waals surface area contributed by atoms with Crippen molar-refractivity contribution in [2.75, 3.05) is 5.75 Å². The van der Waals surface area contributed by atoms with E-state index in [1.165, 1.54) is 5.57 Å². The molecule has 0 aliphatic heterocycles. The van der Waals surface area contributed by atoms with E-state index < -0.39 is 0 Å². The molecule has 96 valence electrons. The minimum atomic E-state index is -0.0596. The average Bonchev–Trinajstić information content (AvgIpc) is 2.27. The zero-order chi connectivity index (χ0) is 13.1. The Hall–Kier alpha value is -0.800. The van der Waals surface area contributed by atoms with Gasteiger partial charge in [-0.1, -0.05) is 56.7 Å². The van der Waals surface area contributed by atoms with Gasteiger partial charge in [0.1, 0.15) is 6.29 Å². The Morgan fingerprint density at radius 1 is 1.47 bits per heavy atom. The summed E-state index contributed by atoms with van der Waals surface area (Å²) < 4.78 is 3.19. The summed E-state index contributed by atoms with van der Waals surface area (Å²) in [7, 11) is 0. The van der Waals surface area contributed by atoms with Crippen LogP contribution in [0.4, 0.5) is 0 Å². The van der Waals surface area contributed by atoms with Gasteiger partial charge in [0.2, 0.25) is 0 Å². The molecule has 0 aromatic rings. The molecule has 0 spiro atoms. The van der Waals surface area contributed by atoms with Gasteiger partial charge >= 0.3 is 0 Å². The standard InChI is InChI=1S/C14H23NOS/c1-5-7-13(8-6-2)11-17-15-14(10-16)9-12(3)4/h5-8,10,12,14-15H,1,9,11H2,2-4H3/b8-6-,13-7+. The number of hydrogen-bond acceptors (Lipinski definition) is 3. The third kappa shape index (κ3) is 8.95. The van der Waals surface area contributed by atoms with E-state index >= 15 is 0 Å². The predicted octanol–water partition coefficient (Wildman–Crippen LogP) is 3.53. The fraction of sp³-hybridized carbons (Fsp3) is 0.500. The minimum absolute atomic E-state index is 0.0596. The third-order valence-corrected chi connectivity index (χ3v) is 3.02. The van der Waals surface area contributed by atoms with Crippen molar-refractivity contribution in [2.24, 2.45) is 5.92 Å². The second-order valence-electron chi connectivity index (χ2n) is 4.26. The fourth-order valence-corrected chi connectivity index (χ4v) is 2.20. The van der Waals surface area contributed by atoms with Crippen LogP contribution in [0.15, 0.2) is 36.5 Å². The van der Waals surface area contributed by atoms with Crippen molar-refractivity contribution in [3.8, 4) is 0 Å². The molecular formula is C14H23NOS. The first-order valence-corrected chi connectivity index (χ1v) is 6.89. The maximum atomic E-state index is 10.8. The molecule has 0 aromatic carbocycles. The molecule has 0 aromatic heterocycles. The maximum Gasteiger partial charge on any atom is 0.137 e. The van der Waals surface area contributed by atoms with Crippen molar-refractivity contribution in [1.82, 2.24) is 4.72 Å². The van der Waals surface area contributed by atoms with Crippen LogP contribution in [0.5, 0.6) is 0 Å². The zero-order valence-electron chi connectivity index (χ0n) is 11.0.